The molecular formula is C12H21N3OS. The second kappa shape index (κ2) is 7.03. The molecule has 17 heavy (non-hydrogen) atoms. The monoisotopic (exact) mass is 255 g/mol. The summed E-state index contributed by atoms with van der Waals surface area (Å²) in [6.07, 6.45) is 8.42. The first-order valence-electron chi connectivity index (χ1n) is 6.52. The van der Waals surface area contributed by atoms with Crippen molar-refractivity contribution in [3.05, 3.63) is 11.1 Å². The number of ether oxygens (including phenoxy) is 1. The van der Waals surface area contributed by atoms with Crippen molar-refractivity contribution in [1.82, 2.24) is 14.9 Å². The first-order chi connectivity index (χ1) is 8.40. The van der Waals surface area contributed by atoms with E-state index in [2.05, 4.69) is 21.8 Å². The van der Waals surface area contributed by atoms with Crippen molar-refractivity contribution in [2.45, 2.75) is 51.2 Å². The molecular weight excluding hydrogens is 234 g/mol. The summed E-state index contributed by atoms with van der Waals surface area (Å²) in [5, 5.41) is 7.41. The molecule has 0 aliphatic carbocycles. The van der Waals surface area contributed by atoms with Crippen LogP contribution >= 0.6 is 11.5 Å². The summed E-state index contributed by atoms with van der Waals surface area (Å²) in [6.45, 7) is 4.09. The minimum absolute atomic E-state index is 0.418. The van der Waals surface area contributed by atoms with Gasteiger partial charge in [0.25, 0.3) is 0 Å². The molecule has 0 spiro atoms. The first kappa shape index (κ1) is 12.9. The summed E-state index contributed by atoms with van der Waals surface area (Å²) in [6, 6.07) is 0.418. The van der Waals surface area contributed by atoms with E-state index < -0.39 is 0 Å². The fourth-order valence-corrected chi connectivity index (χ4v) is 2.95. The van der Waals surface area contributed by atoms with Gasteiger partial charge in [-0.3, -0.25) is 0 Å². The van der Waals surface area contributed by atoms with Crippen molar-refractivity contribution in [2.75, 3.05) is 13.2 Å². The van der Waals surface area contributed by atoms with Crippen LogP contribution in [-0.4, -0.2) is 28.8 Å². The van der Waals surface area contributed by atoms with Crippen molar-refractivity contribution in [3.63, 3.8) is 0 Å². The Balaban J connectivity index is 1.73. The maximum atomic E-state index is 5.64. The topological polar surface area (TPSA) is 47.0 Å². The van der Waals surface area contributed by atoms with Gasteiger partial charge in [0.15, 0.2) is 0 Å². The molecule has 0 aromatic carbocycles. The molecule has 2 heterocycles. The molecule has 96 valence electrons. The van der Waals surface area contributed by atoms with Gasteiger partial charge in [-0.2, -0.15) is 0 Å². The van der Waals surface area contributed by atoms with Crippen molar-refractivity contribution in [2.24, 2.45) is 0 Å². The van der Waals surface area contributed by atoms with E-state index in [1.165, 1.54) is 42.1 Å². The minimum Gasteiger partial charge on any atom is -0.378 e. The number of aromatic nitrogens is 2. The standard InChI is InChI=1S/C12H21N3OS/c1-2-13-11(12-9-14-15-17-12)7-3-5-10-6-4-8-16-10/h9-11,13H,2-8H2,1H3. The molecule has 1 aliphatic heterocycles. The fourth-order valence-electron chi connectivity index (χ4n) is 2.34. The van der Waals surface area contributed by atoms with Gasteiger partial charge < -0.3 is 10.1 Å². The predicted molar refractivity (Wildman–Crippen MR) is 69.2 cm³/mol. The summed E-state index contributed by atoms with van der Waals surface area (Å²) in [4.78, 5) is 1.25. The van der Waals surface area contributed by atoms with E-state index in [1.807, 2.05) is 6.20 Å². The van der Waals surface area contributed by atoms with E-state index >= 15 is 0 Å². The molecule has 4 nitrogen and oxygen atoms in total. The third-order valence-electron chi connectivity index (χ3n) is 3.22. The maximum Gasteiger partial charge on any atom is 0.0669 e. The first-order valence-corrected chi connectivity index (χ1v) is 7.29. The predicted octanol–water partition coefficient (Wildman–Crippen LogP) is 2.54. The van der Waals surface area contributed by atoms with E-state index in [4.69, 9.17) is 4.74 Å². The van der Waals surface area contributed by atoms with Crippen molar-refractivity contribution in [3.8, 4) is 0 Å². The smallest absolute Gasteiger partial charge is 0.0669 e. The van der Waals surface area contributed by atoms with Crippen LogP contribution in [0, 0.1) is 0 Å². The molecule has 1 N–H and O–H groups in total. The van der Waals surface area contributed by atoms with E-state index in [0.717, 1.165) is 19.6 Å². The van der Waals surface area contributed by atoms with Crippen LogP contribution in [-0.2, 0) is 4.74 Å². The highest BCUT2D eigenvalue weighted by Crippen LogP contribution is 2.24. The lowest BCUT2D eigenvalue weighted by atomic mass is 10.0. The van der Waals surface area contributed by atoms with Gasteiger partial charge in [0, 0.05) is 12.6 Å². The highest BCUT2D eigenvalue weighted by molar-refractivity contribution is 7.05. The number of hydrogen-bond acceptors (Lipinski definition) is 5. The summed E-state index contributed by atoms with van der Waals surface area (Å²) in [5.74, 6) is 0. The Morgan fingerprint density at radius 3 is 3.24 bits per heavy atom. The third-order valence-corrected chi connectivity index (χ3v) is 3.99. The largest absolute Gasteiger partial charge is 0.378 e. The van der Waals surface area contributed by atoms with Gasteiger partial charge >= 0.3 is 0 Å². The normalized spacial score (nSPS) is 21.8. The Bertz CT molecular complexity index is 299. The molecule has 2 unspecified atom stereocenters. The zero-order valence-corrected chi connectivity index (χ0v) is 11.2. The lowest BCUT2D eigenvalue weighted by Crippen LogP contribution is -2.20. The van der Waals surface area contributed by atoms with Crippen molar-refractivity contribution < 1.29 is 4.74 Å². The average molecular weight is 255 g/mol. The van der Waals surface area contributed by atoms with E-state index in [0.29, 0.717) is 12.1 Å². The summed E-state index contributed by atoms with van der Waals surface area (Å²) in [7, 11) is 0. The Morgan fingerprint density at radius 1 is 1.65 bits per heavy atom. The lowest BCUT2D eigenvalue weighted by molar-refractivity contribution is 0.101. The van der Waals surface area contributed by atoms with Gasteiger partial charge in [-0.25, -0.2) is 0 Å². The maximum absolute atomic E-state index is 5.64. The number of nitrogens with one attached hydrogen (secondary N) is 1. The van der Waals surface area contributed by atoms with E-state index in [9.17, 15) is 0 Å². The number of nitrogens with zero attached hydrogens (tertiary/aromatic N) is 2. The number of hydrogen-bond donors (Lipinski definition) is 1. The lowest BCUT2D eigenvalue weighted by Gasteiger charge is -2.16. The van der Waals surface area contributed by atoms with Crippen molar-refractivity contribution in [1.29, 1.82) is 0 Å². The zero-order valence-electron chi connectivity index (χ0n) is 10.4. The fraction of sp³-hybridized carbons (Fsp3) is 0.833. The van der Waals surface area contributed by atoms with Crippen molar-refractivity contribution >= 4 is 11.5 Å². The van der Waals surface area contributed by atoms with Gasteiger partial charge in [0.05, 0.1) is 17.2 Å². The van der Waals surface area contributed by atoms with Crippen LogP contribution in [0.5, 0.6) is 0 Å². The van der Waals surface area contributed by atoms with Gasteiger partial charge in [-0.05, 0) is 50.2 Å². The van der Waals surface area contributed by atoms with Crippen LogP contribution in [0.3, 0.4) is 0 Å². The molecule has 1 aliphatic rings. The Kier molecular flexibility index (Phi) is 5.35. The molecule has 0 bridgehead atoms. The molecule has 1 saturated heterocycles. The van der Waals surface area contributed by atoms with Gasteiger partial charge in [-0.15, -0.1) is 5.10 Å². The number of rotatable bonds is 7. The van der Waals surface area contributed by atoms with Crippen LogP contribution in [0.4, 0.5) is 0 Å². The molecule has 1 aromatic heterocycles. The molecule has 2 atom stereocenters. The highest BCUT2D eigenvalue weighted by atomic mass is 32.1. The van der Waals surface area contributed by atoms with Gasteiger partial charge in [0.1, 0.15) is 0 Å². The van der Waals surface area contributed by atoms with Crippen LogP contribution in [0.2, 0.25) is 0 Å². The SMILES string of the molecule is CCNC(CCCC1CCCO1)c1cnns1. The minimum atomic E-state index is 0.418. The van der Waals surface area contributed by atoms with Crippen LogP contribution in [0.25, 0.3) is 0 Å². The van der Waals surface area contributed by atoms with Crippen LogP contribution in [0.1, 0.15) is 49.9 Å². The molecule has 1 aromatic rings. The third kappa shape index (κ3) is 4.01. The zero-order chi connectivity index (χ0) is 11.9. The van der Waals surface area contributed by atoms with Crippen LogP contribution < -0.4 is 5.32 Å². The second-order valence-electron chi connectivity index (χ2n) is 4.50. The quantitative estimate of drug-likeness (QED) is 0.813. The molecule has 0 saturated carbocycles. The molecule has 1 fully saturated rings. The molecule has 5 heteroatoms. The van der Waals surface area contributed by atoms with Gasteiger partial charge in [0.2, 0.25) is 0 Å². The Hall–Kier alpha value is -0.520. The molecule has 2 rings (SSSR count). The summed E-state index contributed by atoms with van der Waals surface area (Å²) < 4.78 is 9.58. The Morgan fingerprint density at radius 2 is 2.59 bits per heavy atom. The molecule has 0 radical (unpaired) electrons. The summed E-state index contributed by atoms with van der Waals surface area (Å²) in [5.41, 5.74) is 0. The second-order valence-corrected chi connectivity index (χ2v) is 5.31. The van der Waals surface area contributed by atoms with E-state index in [-0.39, 0.29) is 0 Å². The average Bonchev–Trinajstić information content (AvgIpc) is 3.01. The van der Waals surface area contributed by atoms with Crippen LogP contribution in [0.15, 0.2) is 6.20 Å². The van der Waals surface area contributed by atoms with Gasteiger partial charge in [-0.1, -0.05) is 11.4 Å². The summed E-state index contributed by atoms with van der Waals surface area (Å²) >= 11 is 1.50. The molecule has 0 amide bonds. The van der Waals surface area contributed by atoms with E-state index in [1.54, 1.807) is 0 Å². The Labute approximate surface area is 107 Å². The highest BCUT2D eigenvalue weighted by Gasteiger charge is 2.17.